The molecule has 2 aliphatic heterocycles. The largest absolute Gasteiger partial charge is 1.00 e. The second-order valence-corrected chi connectivity index (χ2v) is 28.1. The molecule has 0 radical (unpaired) electrons. The van der Waals surface area contributed by atoms with Gasteiger partial charge in [0, 0.05) is 77.9 Å². The first-order valence-corrected chi connectivity index (χ1v) is 36.3. The molecule has 45 heteroatoms. The third kappa shape index (κ3) is 38.6. The number of carbonyl (C=O) groups is 4. The molecule has 2 aliphatic rings. The fourth-order valence-corrected chi connectivity index (χ4v) is 10.4. The van der Waals surface area contributed by atoms with Crippen LogP contribution in [-0.2, 0) is 66.1 Å². The van der Waals surface area contributed by atoms with Gasteiger partial charge in [0.05, 0.1) is 143 Å². The Kier molecular flexibility index (Phi) is 42.3. The van der Waals surface area contributed by atoms with Gasteiger partial charge in [-0.1, -0.05) is 17.7 Å². The molecule has 0 atom stereocenters. The van der Waals surface area contributed by atoms with E-state index in [-0.39, 0.29) is 85.5 Å². The number of H-pyrrole nitrogens is 2. The fourth-order valence-electron chi connectivity index (χ4n) is 10.1. The van der Waals surface area contributed by atoms with Crippen molar-refractivity contribution in [1.29, 1.82) is 0 Å². The van der Waals surface area contributed by atoms with Crippen LogP contribution in [0.5, 0.6) is 0 Å². The zero-order valence-electron chi connectivity index (χ0n) is 67.0. The number of nitrogens with zero attached hydrogens (tertiary/aromatic N) is 9. The van der Waals surface area contributed by atoms with Crippen LogP contribution in [0.3, 0.4) is 0 Å². The second-order valence-electron chi connectivity index (χ2n) is 27.0. The van der Waals surface area contributed by atoms with E-state index < -0.39 is 109 Å². The van der Waals surface area contributed by atoms with Crippen LogP contribution in [-0.4, -0.2) is 155 Å². The molecular weight excluding hydrogens is 1820 g/mol. The van der Waals surface area contributed by atoms with E-state index in [1.165, 1.54) is 78.4 Å². The van der Waals surface area contributed by atoms with Crippen LogP contribution in [0.2, 0.25) is 0 Å². The smallest absolute Gasteiger partial charge is 0.870 e. The van der Waals surface area contributed by atoms with Gasteiger partial charge in [0.25, 0.3) is 11.8 Å². The van der Waals surface area contributed by atoms with Crippen LogP contribution < -0.4 is 29.6 Å². The number of aliphatic carboxylic acids is 1. The summed E-state index contributed by atoms with van der Waals surface area (Å²) in [6.45, 7) is 13.7. The first kappa shape index (κ1) is 109. The maximum absolute atomic E-state index is 12.9. The van der Waals surface area contributed by atoms with E-state index in [1.54, 1.807) is 103 Å². The summed E-state index contributed by atoms with van der Waals surface area (Å²) < 4.78 is 254. The number of likely N-dealkylation sites (tertiary alicyclic amines) is 1. The number of carboxylic acid groups (broad SMARTS) is 1. The number of terminal acetylenes is 1. The average molecular weight is 1900 g/mol. The van der Waals surface area contributed by atoms with Crippen LogP contribution in [0.25, 0.3) is 57.4 Å². The molecule has 0 unspecified atom stereocenters. The van der Waals surface area contributed by atoms with Gasteiger partial charge in [0.15, 0.2) is 0 Å². The van der Waals surface area contributed by atoms with Gasteiger partial charge in [-0.25, -0.2) is 52.1 Å². The number of esters is 2. The third-order valence-electron chi connectivity index (χ3n) is 15.4. The number of alkyl halides is 19. The molecule has 0 saturated carbocycles. The molecule has 5 aromatic carbocycles. The summed E-state index contributed by atoms with van der Waals surface area (Å²) >= 11 is 2.16. The van der Waals surface area contributed by atoms with Crippen molar-refractivity contribution in [2.45, 2.75) is 130 Å². The van der Waals surface area contributed by atoms with Crippen molar-refractivity contribution >= 4 is 83.8 Å². The number of ether oxygens (including phenoxy) is 2. The minimum atomic E-state index is -4.46. The predicted molar refractivity (Wildman–Crippen MR) is 426 cm³/mol. The molecule has 7 N–H and O–H groups in total. The molecule has 0 aliphatic carbocycles. The van der Waals surface area contributed by atoms with Crippen molar-refractivity contribution in [1.82, 2.24) is 58.8 Å². The number of aromatic nitrogens is 10. The van der Waals surface area contributed by atoms with Crippen LogP contribution >= 0.6 is 35.0 Å². The van der Waals surface area contributed by atoms with Gasteiger partial charge in [-0.05, 0) is 191 Å². The van der Waals surface area contributed by atoms with Gasteiger partial charge in [0.1, 0.15) is 0 Å². The number of carbonyl (C=O) groups excluding carboxylic acids is 3. The van der Waals surface area contributed by atoms with Crippen LogP contribution in [0.1, 0.15) is 89.8 Å². The first-order chi connectivity index (χ1) is 56.0. The summed E-state index contributed by atoms with van der Waals surface area (Å²) in [4.78, 5) is 70.1. The van der Waals surface area contributed by atoms with E-state index in [1.807, 2.05) is 5.92 Å². The molecule has 0 bridgehead atoms. The van der Waals surface area contributed by atoms with E-state index in [0.717, 1.165) is 81.4 Å². The Labute approximate surface area is 729 Å². The minimum absolute atomic E-state index is 0. The summed E-state index contributed by atoms with van der Waals surface area (Å²) in [5.74, 6) is -6.01. The van der Waals surface area contributed by atoms with E-state index in [4.69, 9.17) is 26.3 Å². The number of aryl methyl sites for hydroxylation is 6. The van der Waals surface area contributed by atoms with Gasteiger partial charge in [-0.15, -0.1) is 18.8 Å². The van der Waals surface area contributed by atoms with Crippen molar-refractivity contribution < 1.29 is 152 Å². The molecule has 124 heavy (non-hydrogen) atoms. The van der Waals surface area contributed by atoms with Crippen molar-refractivity contribution in [3.05, 3.63) is 225 Å². The monoisotopic (exact) mass is 1900 g/mol. The summed E-state index contributed by atoms with van der Waals surface area (Å²) in [5.41, 5.74) is 1.57. The molecule has 1 amide bonds. The Hall–Kier alpha value is -10.7. The number of hydrogen-bond acceptors (Lipinski definition) is 15. The van der Waals surface area contributed by atoms with Crippen LogP contribution in [0.15, 0.2) is 166 Å². The molecule has 666 valence electrons. The Morgan fingerprint density at radius 1 is 0.548 bits per heavy atom. The normalized spacial score (nSPS) is 13.0. The van der Waals surface area contributed by atoms with Crippen molar-refractivity contribution in [3.63, 3.8) is 0 Å². The third-order valence-corrected chi connectivity index (χ3v) is 16.0. The van der Waals surface area contributed by atoms with E-state index in [9.17, 15) is 103 Å². The summed E-state index contributed by atoms with van der Waals surface area (Å²) in [5, 5.41) is 28.4. The topological polar surface area (TPSA) is 304 Å². The number of rotatable bonds is 14. The maximum Gasteiger partial charge on any atom is 1.00 e. The van der Waals surface area contributed by atoms with E-state index in [2.05, 4.69) is 67.5 Å². The quantitative estimate of drug-likeness (QED) is 0.0112. The molecule has 22 nitrogen and oxygen atoms in total. The Morgan fingerprint density at radius 3 is 1.24 bits per heavy atom. The Morgan fingerprint density at radius 2 is 0.919 bits per heavy atom. The Bertz CT molecular complexity index is 5170. The van der Waals surface area contributed by atoms with Gasteiger partial charge >= 0.3 is 74.8 Å². The van der Waals surface area contributed by atoms with Gasteiger partial charge in [0.2, 0.25) is 5.91 Å². The maximum atomic E-state index is 12.9. The van der Waals surface area contributed by atoms with Gasteiger partial charge in [-0.3, -0.25) is 9.59 Å². The standard InChI is InChI=1S/C17H14F5N3O.C17H19F3N2O2.C14H11F3N2O2.C11H9F3N2.C8H8BF3O2.C6H8O2.C3H5F2N.C3H3IN2.ClH.Li.H2O/c1-11-4-12(6-13(5-11)17(20,21)22)14-7-24(10-23-14)3-2-15(26)25-8-16(18,19)9-25;1-11(2)24-16(23)4-5-22-9-15(21-10-22)13-6-12(3)7-14(8-13)17(18,19)20;1-9-4-10(6-11(5-9)14(15,16)17)12-7-19(8-18-12)3-2-13(20)21;1-7-2-8(10-5-15-6-16-10)4-9(3-7)11(12,13)14;1-5-2-6(8(10,11)12)4-7(3-5)9(13)14;1-4-6(7)8-5(2)3;4-3(5)1-6-2-3;4-3-1-5-2-6-3;;;/h2-7,10H,8-9H2,1H3;6-11H,4-5H2,1-3H3;2-8H,1H3,(H,20,21);2-6H,1H3,(H,15,16);2-4,13-14H,1H3;1,5H,2-3H3;6H,1-2H2;1-2H,(H,5,6);1H;;1H2/q;;;;;;;;;+1;/p-1/b3-2-;;3-2-;;;;;;;;. The van der Waals surface area contributed by atoms with Crippen molar-refractivity contribution in [3.8, 4) is 57.4 Å². The summed E-state index contributed by atoms with van der Waals surface area (Å²) in [6.07, 6.45) is 2.10. The SMILES string of the molecule is C#CC(=O)OC(C)C.Cc1cc(-c2cn(/C=C\C(=O)N3CC(F)(F)C3)cn2)cc(C(F)(F)F)c1.Cc1cc(-c2cn(/C=C\C(=O)O)cn2)cc(C(F)(F)F)c1.Cc1cc(-c2cn(CCC(=O)OC(C)C)cn2)cc(C(F)(F)F)c1.Cc1cc(-c2cnc[nH]2)cc(C(F)(F)F)c1.Cc1cc(B(O)O)cc(C(F)(F)F)c1.Cl.FC1(F)CNC1.Ic1cnc[nH]1.[Li+].[OH-]. The molecular formula is C79H79BClF19ILiN12O10. The van der Waals surface area contributed by atoms with Crippen molar-refractivity contribution in [2.24, 2.45) is 0 Å². The number of aromatic amines is 2. The summed E-state index contributed by atoms with van der Waals surface area (Å²) in [6, 6.07) is 18.0. The number of imidazole rings is 5. The van der Waals surface area contributed by atoms with E-state index >= 15 is 0 Å². The molecule has 12 rings (SSSR count). The number of hydrogen-bond donors (Lipinski definition) is 6. The number of amides is 1. The zero-order chi connectivity index (χ0) is 90.9. The van der Waals surface area contributed by atoms with E-state index in [0.29, 0.717) is 73.8 Å². The fraction of sp³-hybridized carbons (Fsp3) is 0.304. The van der Waals surface area contributed by atoms with Crippen molar-refractivity contribution in [2.75, 3.05) is 26.2 Å². The number of halogens is 21. The van der Waals surface area contributed by atoms with Gasteiger partial charge < -0.3 is 64.0 Å². The summed E-state index contributed by atoms with van der Waals surface area (Å²) in [7, 11) is -1.88. The van der Waals surface area contributed by atoms with Gasteiger partial charge in [-0.2, -0.15) is 65.9 Å². The average Bonchev–Trinajstić information content (AvgIpc) is 1.50. The van der Waals surface area contributed by atoms with Crippen LogP contribution in [0.4, 0.5) is 83.4 Å². The molecule has 2 fully saturated rings. The number of carboxylic acids is 1. The minimum Gasteiger partial charge on any atom is -0.870 e. The molecule has 0 spiro atoms. The number of nitrogens with one attached hydrogen (secondary N) is 3. The number of benzene rings is 5. The zero-order valence-corrected chi connectivity index (χ0v) is 70.0. The Balaban J connectivity index is 0.000000498. The molecule has 7 heterocycles. The predicted octanol–water partition coefficient (Wildman–Crippen LogP) is 14.6. The molecule has 5 aromatic heterocycles. The van der Waals surface area contributed by atoms with Crippen LogP contribution in [0, 0.1) is 50.7 Å². The second kappa shape index (κ2) is 47.9. The molecule has 2 saturated heterocycles. The molecule has 10 aromatic rings. The first-order valence-electron chi connectivity index (χ1n) is 35.2.